The molecule has 6 N–H and O–H groups in total. The van der Waals surface area contributed by atoms with Gasteiger partial charge in [-0.3, -0.25) is 14.4 Å². The summed E-state index contributed by atoms with van der Waals surface area (Å²) < 4.78 is 0. The molecule has 26 heavy (non-hydrogen) atoms. The van der Waals surface area contributed by atoms with Crippen molar-refractivity contribution >= 4 is 23.7 Å². The quantitative estimate of drug-likeness (QED) is 0.272. The van der Waals surface area contributed by atoms with Gasteiger partial charge >= 0.3 is 5.97 Å². The number of amides is 3. The summed E-state index contributed by atoms with van der Waals surface area (Å²) in [5.74, 6) is -3.28. The van der Waals surface area contributed by atoms with E-state index in [-0.39, 0.29) is 11.8 Å². The molecule has 4 atom stereocenters. The molecule has 0 aliphatic carbocycles. The minimum absolute atomic E-state index is 0.331. The number of aliphatic carboxylic acids is 1. The van der Waals surface area contributed by atoms with Crippen molar-refractivity contribution in [2.45, 2.75) is 57.8 Å². The Balaban J connectivity index is 2.58. The molecule has 1 rings (SSSR count). The van der Waals surface area contributed by atoms with Gasteiger partial charge in [-0.2, -0.15) is 0 Å². The third-order valence-electron chi connectivity index (χ3n) is 4.17. The third kappa shape index (κ3) is 6.26. The van der Waals surface area contributed by atoms with E-state index >= 15 is 0 Å². The van der Waals surface area contributed by atoms with E-state index in [0.717, 1.165) is 6.42 Å². The van der Waals surface area contributed by atoms with Gasteiger partial charge in [0.2, 0.25) is 17.7 Å². The molecule has 0 saturated carbocycles. The molecule has 0 radical (unpaired) electrons. The Labute approximate surface area is 152 Å². The molecule has 1 aliphatic heterocycles. The highest BCUT2D eigenvalue weighted by atomic mass is 16.4. The molecule has 0 bridgehead atoms. The number of aliphatic hydroxyl groups excluding tert-OH is 1. The molecular weight excluding hydrogens is 344 g/mol. The molecular formula is C16H28N4O6. The lowest BCUT2D eigenvalue weighted by molar-refractivity contribution is -0.143. The number of carboxylic acids is 1. The average Bonchev–Trinajstić information content (AvgIpc) is 3.10. The van der Waals surface area contributed by atoms with Crippen LogP contribution in [0.3, 0.4) is 0 Å². The van der Waals surface area contributed by atoms with Crippen LogP contribution in [0.15, 0.2) is 0 Å². The molecule has 3 amide bonds. The van der Waals surface area contributed by atoms with E-state index in [2.05, 4.69) is 21.3 Å². The van der Waals surface area contributed by atoms with E-state index in [1.165, 1.54) is 6.92 Å². The fourth-order valence-electron chi connectivity index (χ4n) is 2.55. The van der Waals surface area contributed by atoms with Crippen LogP contribution in [0.1, 0.15) is 33.6 Å². The Kier molecular flexibility index (Phi) is 8.46. The summed E-state index contributed by atoms with van der Waals surface area (Å²) in [4.78, 5) is 47.4. The summed E-state index contributed by atoms with van der Waals surface area (Å²) in [6.07, 6.45) is 1.50. The minimum Gasteiger partial charge on any atom is -0.480 e. The fourth-order valence-corrected chi connectivity index (χ4v) is 2.55. The molecule has 0 aromatic rings. The molecule has 10 nitrogen and oxygen atoms in total. The van der Waals surface area contributed by atoms with E-state index < -0.39 is 48.6 Å². The van der Waals surface area contributed by atoms with Gasteiger partial charge < -0.3 is 31.5 Å². The van der Waals surface area contributed by atoms with Crippen molar-refractivity contribution in [2.24, 2.45) is 5.92 Å². The van der Waals surface area contributed by atoms with Gasteiger partial charge in [-0.25, -0.2) is 4.79 Å². The number of carboxylic acid groups (broad SMARTS) is 1. The van der Waals surface area contributed by atoms with Crippen molar-refractivity contribution in [3.63, 3.8) is 0 Å². The molecule has 148 valence electrons. The maximum absolute atomic E-state index is 12.2. The zero-order chi connectivity index (χ0) is 19.9. The van der Waals surface area contributed by atoms with Crippen LogP contribution in [0, 0.1) is 5.92 Å². The zero-order valence-electron chi connectivity index (χ0n) is 15.2. The highest BCUT2D eigenvalue weighted by Gasteiger charge is 2.30. The van der Waals surface area contributed by atoms with E-state index in [1.807, 2.05) is 0 Å². The summed E-state index contributed by atoms with van der Waals surface area (Å²) in [6.45, 7) is 4.78. The van der Waals surface area contributed by atoms with Gasteiger partial charge in [0.05, 0.1) is 12.6 Å². The zero-order valence-corrected chi connectivity index (χ0v) is 15.2. The van der Waals surface area contributed by atoms with Crippen molar-refractivity contribution in [1.82, 2.24) is 21.3 Å². The number of hydrogen-bond acceptors (Lipinski definition) is 6. The normalized spacial score (nSPS) is 20.1. The molecule has 1 fully saturated rings. The topological polar surface area (TPSA) is 157 Å². The van der Waals surface area contributed by atoms with Crippen LogP contribution >= 0.6 is 0 Å². The van der Waals surface area contributed by atoms with Crippen LogP contribution in [0.4, 0.5) is 0 Å². The van der Waals surface area contributed by atoms with Crippen LogP contribution < -0.4 is 21.3 Å². The molecule has 1 heterocycles. The Morgan fingerprint density at radius 1 is 1.08 bits per heavy atom. The molecule has 4 unspecified atom stereocenters. The standard InChI is InChI=1S/C16H28N4O6/c1-8(2)12(16(25)26)20-13(22)9(3)18-15(24)11(7-21)19-14(23)10-5-4-6-17-10/h8-12,17,21H,4-7H2,1-3H3,(H,18,24)(H,19,23)(H,20,22)(H,25,26). The maximum atomic E-state index is 12.2. The van der Waals surface area contributed by atoms with Gasteiger partial charge in [-0.15, -0.1) is 0 Å². The number of nitrogens with one attached hydrogen (secondary N) is 4. The molecule has 1 aliphatic rings. The molecule has 0 aromatic carbocycles. The minimum atomic E-state index is -1.19. The van der Waals surface area contributed by atoms with Crippen LogP contribution in [0.25, 0.3) is 0 Å². The highest BCUT2D eigenvalue weighted by Crippen LogP contribution is 2.05. The van der Waals surface area contributed by atoms with Crippen LogP contribution in [0.5, 0.6) is 0 Å². The first-order valence-corrected chi connectivity index (χ1v) is 8.65. The van der Waals surface area contributed by atoms with Crippen molar-refractivity contribution in [1.29, 1.82) is 0 Å². The van der Waals surface area contributed by atoms with Crippen molar-refractivity contribution in [3.8, 4) is 0 Å². The number of carbonyl (C=O) groups is 4. The number of hydrogen-bond donors (Lipinski definition) is 6. The highest BCUT2D eigenvalue weighted by molar-refractivity contribution is 5.94. The first-order valence-electron chi connectivity index (χ1n) is 8.65. The summed E-state index contributed by atoms with van der Waals surface area (Å²) in [7, 11) is 0. The summed E-state index contributed by atoms with van der Waals surface area (Å²) in [5.41, 5.74) is 0. The van der Waals surface area contributed by atoms with E-state index in [4.69, 9.17) is 5.11 Å². The lowest BCUT2D eigenvalue weighted by Gasteiger charge is -2.23. The molecule has 10 heteroatoms. The lowest BCUT2D eigenvalue weighted by atomic mass is 10.0. The Morgan fingerprint density at radius 3 is 2.19 bits per heavy atom. The fraction of sp³-hybridized carbons (Fsp3) is 0.750. The van der Waals surface area contributed by atoms with Gasteiger partial charge in [0.1, 0.15) is 18.1 Å². The lowest BCUT2D eigenvalue weighted by Crippen LogP contribution is -2.57. The van der Waals surface area contributed by atoms with Crippen LogP contribution in [-0.2, 0) is 19.2 Å². The SMILES string of the molecule is CC(NC(=O)C(CO)NC(=O)C1CCCN1)C(=O)NC(C(=O)O)C(C)C. The molecule has 0 aromatic heterocycles. The third-order valence-corrected chi connectivity index (χ3v) is 4.17. The van der Waals surface area contributed by atoms with Crippen molar-refractivity contribution < 1.29 is 29.4 Å². The predicted octanol–water partition coefficient (Wildman–Crippen LogP) is -2.05. The maximum Gasteiger partial charge on any atom is 0.326 e. The number of aliphatic hydroxyl groups is 1. The number of rotatable bonds is 9. The molecule has 1 saturated heterocycles. The van der Waals surface area contributed by atoms with Crippen LogP contribution in [-0.4, -0.2) is 71.2 Å². The Bertz CT molecular complexity index is 533. The second kappa shape index (κ2) is 10.1. The van der Waals surface area contributed by atoms with Gasteiger partial charge in [0, 0.05) is 0 Å². The summed E-state index contributed by atoms with van der Waals surface area (Å²) in [5, 5.41) is 28.6. The summed E-state index contributed by atoms with van der Waals surface area (Å²) >= 11 is 0. The monoisotopic (exact) mass is 372 g/mol. The summed E-state index contributed by atoms with van der Waals surface area (Å²) in [6, 6.07) is -3.71. The van der Waals surface area contributed by atoms with Gasteiger partial charge in [-0.05, 0) is 32.2 Å². The Morgan fingerprint density at radius 2 is 1.73 bits per heavy atom. The van der Waals surface area contributed by atoms with E-state index in [9.17, 15) is 24.3 Å². The van der Waals surface area contributed by atoms with E-state index in [1.54, 1.807) is 13.8 Å². The largest absolute Gasteiger partial charge is 0.480 e. The van der Waals surface area contributed by atoms with E-state index in [0.29, 0.717) is 13.0 Å². The smallest absolute Gasteiger partial charge is 0.326 e. The van der Waals surface area contributed by atoms with Gasteiger partial charge in [0.15, 0.2) is 0 Å². The molecule has 0 spiro atoms. The Hall–Kier alpha value is -2.20. The number of carbonyl (C=O) groups excluding carboxylic acids is 3. The average molecular weight is 372 g/mol. The van der Waals surface area contributed by atoms with Gasteiger partial charge in [-0.1, -0.05) is 13.8 Å². The second-order valence-electron chi connectivity index (χ2n) is 6.69. The van der Waals surface area contributed by atoms with Crippen molar-refractivity contribution in [2.75, 3.05) is 13.2 Å². The van der Waals surface area contributed by atoms with Crippen molar-refractivity contribution in [3.05, 3.63) is 0 Å². The van der Waals surface area contributed by atoms with Gasteiger partial charge in [0.25, 0.3) is 0 Å². The predicted molar refractivity (Wildman–Crippen MR) is 92.1 cm³/mol. The first kappa shape index (κ1) is 21.8. The van der Waals surface area contributed by atoms with Crippen LogP contribution in [0.2, 0.25) is 0 Å². The first-order chi connectivity index (χ1) is 12.2. The second-order valence-corrected chi connectivity index (χ2v) is 6.69.